The van der Waals surface area contributed by atoms with E-state index in [1.54, 1.807) is 24.3 Å². The second kappa shape index (κ2) is 5.86. The number of amides is 1. The molecular formula is C17H26N2O. The Morgan fingerprint density at radius 3 is 2.15 bits per heavy atom. The maximum absolute atomic E-state index is 12.2. The third-order valence-electron chi connectivity index (χ3n) is 4.46. The van der Waals surface area contributed by atoms with Gasteiger partial charge in [0, 0.05) is 17.3 Å². The zero-order valence-corrected chi connectivity index (χ0v) is 12.8. The molecule has 1 aromatic carbocycles. The van der Waals surface area contributed by atoms with E-state index in [9.17, 15) is 4.79 Å². The quantitative estimate of drug-likeness (QED) is 0.810. The fourth-order valence-corrected chi connectivity index (χ4v) is 3.01. The van der Waals surface area contributed by atoms with Gasteiger partial charge in [-0.05, 0) is 61.3 Å². The number of nitrogen functional groups attached to an aromatic ring is 1. The summed E-state index contributed by atoms with van der Waals surface area (Å²) in [5.74, 6) is 0.788. The fraction of sp³-hybridized carbons (Fsp3) is 0.588. The number of hydrogen-bond donors (Lipinski definition) is 2. The summed E-state index contributed by atoms with van der Waals surface area (Å²) < 4.78 is 0. The van der Waals surface area contributed by atoms with Crippen LogP contribution in [0.15, 0.2) is 24.3 Å². The van der Waals surface area contributed by atoms with E-state index in [-0.39, 0.29) is 5.91 Å². The minimum absolute atomic E-state index is 0.0178. The Labute approximate surface area is 121 Å². The van der Waals surface area contributed by atoms with E-state index < -0.39 is 0 Å². The average molecular weight is 274 g/mol. The molecule has 2 rings (SSSR count). The third kappa shape index (κ3) is 3.75. The molecule has 3 nitrogen and oxygen atoms in total. The minimum Gasteiger partial charge on any atom is -0.399 e. The summed E-state index contributed by atoms with van der Waals surface area (Å²) in [5, 5.41) is 3.15. The molecule has 0 radical (unpaired) electrons. The standard InChI is InChI=1S/C17H26N2O/c1-17(2,3)13-6-10-15(11-7-13)19-16(20)12-4-8-14(18)9-5-12/h4-5,8-9,13,15H,6-7,10-11,18H2,1-3H3,(H,19,20). The predicted molar refractivity (Wildman–Crippen MR) is 83.5 cm³/mol. The van der Waals surface area contributed by atoms with Crippen LogP contribution in [-0.2, 0) is 0 Å². The number of carbonyl (C=O) groups is 1. The molecule has 1 aliphatic rings. The highest BCUT2D eigenvalue weighted by Crippen LogP contribution is 2.37. The van der Waals surface area contributed by atoms with Gasteiger partial charge in [0.1, 0.15) is 0 Å². The van der Waals surface area contributed by atoms with E-state index in [1.807, 2.05) is 0 Å². The first-order valence-corrected chi connectivity index (χ1v) is 7.52. The molecule has 1 aromatic rings. The van der Waals surface area contributed by atoms with E-state index in [0.717, 1.165) is 18.8 Å². The number of benzene rings is 1. The van der Waals surface area contributed by atoms with Crippen LogP contribution in [0.25, 0.3) is 0 Å². The lowest BCUT2D eigenvalue weighted by Gasteiger charge is -2.37. The summed E-state index contributed by atoms with van der Waals surface area (Å²) in [6, 6.07) is 7.42. The molecule has 0 spiro atoms. The zero-order valence-electron chi connectivity index (χ0n) is 12.8. The van der Waals surface area contributed by atoms with Gasteiger partial charge in [-0.3, -0.25) is 4.79 Å². The van der Waals surface area contributed by atoms with Crippen LogP contribution in [-0.4, -0.2) is 11.9 Å². The Kier molecular flexibility index (Phi) is 4.36. The molecule has 0 heterocycles. The number of carbonyl (C=O) groups excluding carboxylic acids is 1. The van der Waals surface area contributed by atoms with E-state index in [2.05, 4.69) is 26.1 Å². The summed E-state index contributed by atoms with van der Waals surface area (Å²) in [5.41, 5.74) is 7.40. The van der Waals surface area contributed by atoms with Crippen molar-refractivity contribution in [2.24, 2.45) is 11.3 Å². The van der Waals surface area contributed by atoms with Gasteiger partial charge in [-0.2, -0.15) is 0 Å². The topological polar surface area (TPSA) is 55.1 Å². The van der Waals surface area contributed by atoms with Gasteiger partial charge < -0.3 is 11.1 Å². The molecule has 1 amide bonds. The highest BCUT2D eigenvalue weighted by Gasteiger charge is 2.30. The van der Waals surface area contributed by atoms with Gasteiger partial charge >= 0.3 is 0 Å². The molecule has 0 aliphatic heterocycles. The normalized spacial score (nSPS) is 23.4. The first-order valence-electron chi connectivity index (χ1n) is 7.52. The maximum atomic E-state index is 12.2. The smallest absolute Gasteiger partial charge is 0.251 e. The van der Waals surface area contributed by atoms with Gasteiger partial charge in [0.25, 0.3) is 5.91 Å². The third-order valence-corrected chi connectivity index (χ3v) is 4.46. The van der Waals surface area contributed by atoms with Crippen molar-refractivity contribution in [3.63, 3.8) is 0 Å². The molecule has 20 heavy (non-hydrogen) atoms. The SMILES string of the molecule is CC(C)(C)C1CCC(NC(=O)c2ccc(N)cc2)CC1. The minimum atomic E-state index is 0.0178. The molecule has 1 fully saturated rings. The van der Waals surface area contributed by atoms with Gasteiger partial charge in [0.2, 0.25) is 0 Å². The Morgan fingerprint density at radius 2 is 1.65 bits per heavy atom. The van der Waals surface area contributed by atoms with Crippen molar-refractivity contribution in [2.75, 3.05) is 5.73 Å². The largest absolute Gasteiger partial charge is 0.399 e. The Hall–Kier alpha value is -1.51. The van der Waals surface area contributed by atoms with Crippen molar-refractivity contribution in [2.45, 2.75) is 52.5 Å². The Bertz CT molecular complexity index is 451. The van der Waals surface area contributed by atoms with Crippen molar-refractivity contribution in [3.05, 3.63) is 29.8 Å². The average Bonchev–Trinajstić information content (AvgIpc) is 2.39. The van der Waals surface area contributed by atoms with E-state index in [0.29, 0.717) is 22.7 Å². The van der Waals surface area contributed by atoms with Crippen LogP contribution in [0.1, 0.15) is 56.8 Å². The molecule has 0 atom stereocenters. The second-order valence-electron chi connectivity index (χ2n) is 7.01. The molecule has 3 heteroatoms. The van der Waals surface area contributed by atoms with Gasteiger partial charge in [0.05, 0.1) is 0 Å². The summed E-state index contributed by atoms with van der Waals surface area (Å²) in [7, 11) is 0. The summed E-state index contributed by atoms with van der Waals surface area (Å²) in [6.45, 7) is 6.93. The molecule has 0 saturated heterocycles. The van der Waals surface area contributed by atoms with Gasteiger partial charge in [-0.15, -0.1) is 0 Å². The van der Waals surface area contributed by atoms with Gasteiger partial charge in [0.15, 0.2) is 0 Å². The lowest BCUT2D eigenvalue weighted by Crippen LogP contribution is -2.39. The van der Waals surface area contributed by atoms with Crippen LogP contribution in [0.4, 0.5) is 5.69 Å². The van der Waals surface area contributed by atoms with Gasteiger partial charge in [-0.25, -0.2) is 0 Å². The summed E-state index contributed by atoms with van der Waals surface area (Å²) in [4.78, 5) is 12.2. The molecular weight excluding hydrogens is 248 g/mol. The molecule has 1 saturated carbocycles. The second-order valence-corrected chi connectivity index (χ2v) is 7.01. The monoisotopic (exact) mass is 274 g/mol. The fourth-order valence-electron chi connectivity index (χ4n) is 3.01. The molecule has 0 unspecified atom stereocenters. The number of nitrogens with one attached hydrogen (secondary N) is 1. The highest BCUT2D eigenvalue weighted by atomic mass is 16.1. The van der Waals surface area contributed by atoms with E-state index in [4.69, 9.17) is 5.73 Å². The first kappa shape index (κ1) is 14.9. The van der Waals surface area contributed by atoms with Gasteiger partial charge in [-0.1, -0.05) is 20.8 Å². The van der Waals surface area contributed by atoms with Crippen molar-refractivity contribution >= 4 is 11.6 Å². The molecule has 0 bridgehead atoms. The number of hydrogen-bond acceptors (Lipinski definition) is 2. The van der Waals surface area contributed by atoms with Crippen LogP contribution in [0.2, 0.25) is 0 Å². The highest BCUT2D eigenvalue weighted by molar-refractivity contribution is 5.94. The molecule has 110 valence electrons. The molecule has 3 N–H and O–H groups in total. The zero-order chi connectivity index (χ0) is 14.8. The molecule has 0 aromatic heterocycles. The number of nitrogens with two attached hydrogens (primary N) is 1. The van der Waals surface area contributed by atoms with Crippen molar-refractivity contribution in [1.82, 2.24) is 5.32 Å². The van der Waals surface area contributed by atoms with Crippen molar-refractivity contribution in [3.8, 4) is 0 Å². The lowest BCUT2D eigenvalue weighted by atomic mass is 9.71. The van der Waals surface area contributed by atoms with Crippen LogP contribution >= 0.6 is 0 Å². The Balaban J connectivity index is 1.86. The van der Waals surface area contributed by atoms with Crippen LogP contribution in [0, 0.1) is 11.3 Å². The van der Waals surface area contributed by atoms with E-state index in [1.165, 1.54) is 12.8 Å². The molecule has 1 aliphatic carbocycles. The van der Waals surface area contributed by atoms with Crippen molar-refractivity contribution < 1.29 is 4.79 Å². The van der Waals surface area contributed by atoms with E-state index >= 15 is 0 Å². The van der Waals surface area contributed by atoms with Crippen LogP contribution in [0.5, 0.6) is 0 Å². The number of rotatable bonds is 2. The predicted octanol–water partition coefficient (Wildman–Crippen LogP) is 3.60. The first-order chi connectivity index (χ1) is 9.36. The summed E-state index contributed by atoms with van der Waals surface area (Å²) in [6.07, 6.45) is 4.58. The number of anilines is 1. The van der Waals surface area contributed by atoms with Crippen molar-refractivity contribution in [1.29, 1.82) is 0 Å². The Morgan fingerprint density at radius 1 is 1.10 bits per heavy atom. The van der Waals surface area contributed by atoms with Crippen LogP contribution < -0.4 is 11.1 Å². The summed E-state index contributed by atoms with van der Waals surface area (Å²) >= 11 is 0. The lowest BCUT2D eigenvalue weighted by molar-refractivity contribution is 0.0904. The van der Waals surface area contributed by atoms with Crippen LogP contribution in [0.3, 0.4) is 0 Å². The maximum Gasteiger partial charge on any atom is 0.251 e.